The molecule has 1 fully saturated rings. The van der Waals surface area contributed by atoms with Crippen molar-refractivity contribution in [3.05, 3.63) is 12.2 Å². The van der Waals surface area contributed by atoms with Gasteiger partial charge in [-0.25, -0.2) is 4.98 Å². The van der Waals surface area contributed by atoms with E-state index in [-0.39, 0.29) is 0 Å². The van der Waals surface area contributed by atoms with E-state index in [2.05, 4.69) is 25.3 Å². The minimum absolute atomic E-state index is 0.494. The van der Waals surface area contributed by atoms with E-state index >= 15 is 0 Å². The Kier molecular flexibility index (Phi) is 2.85. The summed E-state index contributed by atoms with van der Waals surface area (Å²) in [7, 11) is 0. The molecule has 6 nitrogen and oxygen atoms in total. The lowest BCUT2D eigenvalue weighted by Gasteiger charge is -2.19. The van der Waals surface area contributed by atoms with Crippen LogP contribution in [0.2, 0.25) is 0 Å². The minimum Gasteiger partial charge on any atom is -0.339 e. The van der Waals surface area contributed by atoms with E-state index in [0.717, 1.165) is 6.42 Å². The van der Waals surface area contributed by atoms with Crippen LogP contribution in [0.15, 0.2) is 10.9 Å². The quantitative estimate of drug-likeness (QED) is 0.876. The third kappa shape index (κ3) is 2.35. The molecule has 2 heterocycles. The third-order valence-corrected chi connectivity index (χ3v) is 3.28. The summed E-state index contributed by atoms with van der Waals surface area (Å²) >= 11 is 0. The van der Waals surface area contributed by atoms with E-state index in [0.29, 0.717) is 23.5 Å². The second kappa shape index (κ2) is 4.65. The van der Waals surface area contributed by atoms with Crippen LogP contribution in [-0.4, -0.2) is 25.3 Å². The van der Waals surface area contributed by atoms with Crippen LogP contribution in [0.3, 0.4) is 0 Å². The van der Waals surface area contributed by atoms with Crippen molar-refractivity contribution >= 4 is 0 Å². The van der Waals surface area contributed by atoms with Gasteiger partial charge in [-0.1, -0.05) is 24.4 Å². The highest BCUT2D eigenvalue weighted by atomic mass is 16.5. The van der Waals surface area contributed by atoms with Gasteiger partial charge in [-0.05, 0) is 18.8 Å². The van der Waals surface area contributed by atoms with Crippen molar-refractivity contribution in [3.8, 4) is 11.6 Å². The molecule has 0 unspecified atom stereocenters. The SMILES string of the molecule is c1n[nH]c(-c2noc(CC3CCCCC3)n2)n1. The van der Waals surface area contributed by atoms with Gasteiger partial charge >= 0.3 is 0 Å². The molecular formula is C11H15N5O. The number of hydrogen-bond donors (Lipinski definition) is 1. The van der Waals surface area contributed by atoms with E-state index in [9.17, 15) is 0 Å². The minimum atomic E-state index is 0.494. The lowest BCUT2D eigenvalue weighted by atomic mass is 9.87. The van der Waals surface area contributed by atoms with Gasteiger partial charge in [-0.15, -0.1) is 0 Å². The van der Waals surface area contributed by atoms with Crippen molar-refractivity contribution in [2.45, 2.75) is 38.5 Å². The van der Waals surface area contributed by atoms with Crippen LogP contribution in [0.5, 0.6) is 0 Å². The lowest BCUT2D eigenvalue weighted by Crippen LogP contribution is -2.09. The third-order valence-electron chi connectivity index (χ3n) is 3.28. The van der Waals surface area contributed by atoms with Crippen molar-refractivity contribution < 1.29 is 4.52 Å². The number of nitrogens with one attached hydrogen (secondary N) is 1. The standard InChI is InChI=1S/C11H15N5O/c1-2-4-8(5-3-1)6-9-14-11(16-17-9)10-12-7-13-15-10/h7-8H,1-6H2,(H,12,13,15). The molecule has 6 heteroatoms. The van der Waals surface area contributed by atoms with Gasteiger partial charge in [-0.2, -0.15) is 10.1 Å². The normalized spacial score (nSPS) is 17.4. The average Bonchev–Trinajstić information content (AvgIpc) is 3.00. The van der Waals surface area contributed by atoms with Gasteiger partial charge in [0.25, 0.3) is 0 Å². The maximum absolute atomic E-state index is 5.24. The topological polar surface area (TPSA) is 80.5 Å². The number of aromatic nitrogens is 5. The van der Waals surface area contributed by atoms with Crippen molar-refractivity contribution in [3.63, 3.8) is 0 Å². The van der Waals surface area contributed by atoms with Crippen LogP contribution < -0.4 is 0 Å². The van der Waals surface area contributed by atoms with Gasteiger partial charge in [0.15, 0.2) is 5.82 Å². The fourth-order valence-corrected chi connectivity index (χ4v) is 2.39. The van der Waals surface area contributed by atoms with Crippen LogP contribution in [0.4, 0.5) is 0 Å². The average molecular weight is 233 g/mol. The fraction of sp³-hybridized carbons (Fsp3) is 0.636. The molecule has 1 saturated carbocycles. The van der Waals surface area contributed by atoms with Crippen LogP contribution >= 0.6 is 0 Å². The Morgan fingerprint density at radius 3 is 2.94 bits per heavy atom. The van der Waals surface area contributed by atoms with Crippen molar-refractivity contribution in [1.82, 2.24) is 25.3 Å². The zero-order valence-electron chi connectivity index (χ0n) is 9.59. The lowest BCUT2D eigenvalue weighted by molar-refractivity contribution is 0.305. The first-order valence-electron chi connectivity index (χ1n) is 6.10. The predicted octanol–water partition coefficient (Wildman–Crippen LogP) is 1.98. The van der Waals surface area contributed by atoms with E-state index in [1.165, 1.54) is 38.4 Å². The molecule has 0 aliphatic heterocycles. The summed E-state index contributed by atoms with van der Waals surface area (Å²) in [6.07, 6.45) is 8.90. The van der Waals surface area contributed by atoms with E-state index in [4.69, 9.17) is 4.52 Å². The molecular weight excluding hydrogens is 218 g/mol. The van der Waals surface area contributed by atoms with Gasteiger partial charge in [0.05, 0.1) is 0 Å². The zero-order valence-corrected chi connectivity index (χ0v) is 9.59. The molecule has 0 atom stereocenters. The van der Waals surface area contributed by atoms with Crippen molar-refractivity contribution in [2.75, 3.05) is 0 Å². The molecule has 0 radical (unpaired) electrons. The molecule has 90 valence electrons. The number of nitrogens with zero attached hydrogens (tertiary/aromatic N) is 4. The summed E-state index contributed by atoms with van der Waals surface area (Å²) in [5, 5.41) is 10.4. The van der Waals surface area contributed by atoms with Crippen LogP contribution in [0.1, 0.15) is 38.0 Å². The summed E-state index contributed by atoms with van der Waals surface area (Å²) in [6.45, 7) is 0. The smallest absolute Gasteiger partial charge is 0.239 e. The van der Waals surface area contributed by atoms with Crippen LogP contribution in [0, 0.1) is 5.92 Å². The number of hydrogen-bond acceptors (Lipinski definition) is 5. The Morgan fingerprint density at radius 2 is 2.18 bits per heavy atom. The Hall–Kier alpha value is -1.72. The first-order valence-corrected chi connectivity index (χ1v) is 6.10. The molecule has 0 bridgehead atoms. The number of aromatic amines is 1. The summed E-state index contributed by atoms with van der Waals surface area (Å²) in [4.78, 5) is 8.33. The summed E-state index contributed by atoms with van der Waals surface area (Å²) in [5.74, 6) is 2.46. The number of rotatable bonds is 3. The molecule has 0 saturated heterocycles. The molecule has 0 aromatic carbocycles. The molecule has 1 aliphatic rings. The first-order chi connectivity index (χ1) is 8.42. The summed E-state index contributed by atoms with van der Waals surface area (Å²) in [5.41, 5.74) is 0. The van der Waals surface area contributed by atoms with Gasteiger partial charge in [0, 0.05) is 6.42 Å². The molecule has 0 spiro atoms. The molecule has 2 aromatic rings. The second-order valence-electron chi connectivity index (χ2n) is 4.55. The monoisotopic (exact) mass is 233 g/mol. The van der Waals surface area contributed by atoms with Gasteiger partial charge in [0.1, 0.15) is 6.33 Å². The van der Waals surface area contributed by atoms with Crippen molar-refractivity contribution in [2.24, 2.45) is 5.92 Å². The largest absolute Gasteiger partial charge is 0.339 e. The highest BCUT2D eigenvalue weighted by Crippen LogP contribution is 2.26. The Balaban J connectivity index is 1.68. The van der Waals surface area contributed by atoms with Crippen LogP contribution in [-0.2, 0) is 6.42 Å². The van der Waals surface area contributed by atoms with E-state index in [1.807, 2.05) is 0 Å². The Bertz CT molecular complexity index is 458. The zero-order chi connectivity index (χ0) is 11.5. The Morgan fingerprint density at radius 1 is 1.29 bits per heavy atom. The number of H-pyrrole nitrogens is 1. The maximum atomic E-state index is 5.24. The fourth-order valence-electron chi connectivity index (χ4n) is 2.39. The molecule has 0 amide bonds. The summed E-state index contributed by atoms with van der Waals surface area (Å²) in [6, 6.07) is 0. The highest BCUT2D eigenvalue weighted by molar-refractivity contribution is 5.39. The van der Waals surface area contributed by atoms with E-state index in [1.54, 1.807) is 0 Å². The second-order valence-corrected chi connectivity index (χ2v) is 4.55. The van der Waals surface area contributed by atoms with Crippen molar-refractivity contribution in [1.29, 1.82) is 0 Å². The van der Waals surface area contributed by atoms with Gasteiger partial charge in [-0.3, -0.25) is 5.10 Å². The molecule has 1 aliphatic carbocycles. The highest BCUT2D eigenvalue weighted by Gasteiger charge is 2.18. The van der Waals surface area contributed by atoms with Crippen LogP contribution in [0.25, 0.3) is 11.6 Å². The first kappa shape index (κ1) is 10.4. The van der Waals surface area contributed by atoms with E-state index < -0.39 is 0 Å². The Labute approximate surface area is 98.8 Å². The molecule has 3 rings (SSSR count). The van der Waals surface area contributed by atoms with Gasteiger partial charge in [0.2, 0.25) is 11.7 Å². The molecule has 17 heavy (non-hydrogen) atoms. The van der Waals surface area contributed by atoms with Gasteiger partial charge < -0.3 is 4.52 Å². The molecule has 1 N–H and O–H groups in total. The molecule has 2 aromatic heterocycles. The predicted molar refractivity (Wildman–Crippen MR) is 60.0 cm³/mol. The maximum Gasteiger partial charge on any atom is 0.239 e. The summed E-state index contributed by atoms with van der Waals surface area (Å²) < 4.78 is 5.24.